The second-order valence-electron chi connectivity index (χ2n) is 7.52. The first-order valence-corrected chi connectivity index (χ1v) is 11.8. The van der Waals surface area contributed by atoms with E-state index in [1.165, 1.54) is 11.3 Å². The maximum atomic E-state index is 11.6. The zero-order valence-corrected chi connectivity index (χ0v) is 19.2. The Morgan fingerprint density at radius 3 is 2.81 bits per heavy atom. The van der Waals surface area contributed by atoms with Crippen molar-refractivity contribution in [3.05, 3.63) is 60.2 Å². The van der Waals surface area contributed by atoms with Gasteiger partial charge in [-0.2, -0.15) is 0 Å². The molecule has 2 aromatic carbocycles. The molecule has 6 nitrogen and oxygen atoms in total. The fourth-order valence-electron chi connectivity index (χ4n) is 3.55. The number of ether oxygens (including phenoxy) is 1. The maximum absolute atomic E-state index is 11.6. The van der Waals surface area contributed by atoms with Crippen molar-refractivity contribution in [2.75, 3.05) is 39.0 Å². The van der Waals surface area contributed by atoms with E-state index in [1.807, 2.05) is 50.0 Å². The van der Waals surface area contributed by atoms with Gasteiger partial charge in [-0.05, 0) is 49.1 Å². The summed E-state index contributed by atoms with van der Waals surface area (Å²) in [5, 5.41) is 6.20. The summed E-state index contributed by atoms with van der Waals surface area (Å²) in [7, 11) is 1.83. The van der Waals surface area contributed by atoms with E-state index in [2.05, 4.69) is 50.9 Å². The molecule has 0 bridgehead atoms. The van der Waals surface area contributed by atoms with Crippen molar-refractivity contribution in [2.24, 2.45) is 10.9 Å². The second-order valence-corrected chi connectivity index (χ2v) is 8.61. The number of hydrogen-bond donors (Lipinski definition) is 2. The number of carbonyl (C=O) groups is 1. The third-order valence-corrected chi connectivity index (χ3v) is 6.36. The molecule has 3 rings (SSSR count). The van der Waals surface area contributed by atoms with Crippen molar-refractivity contribution in [3.8, 4) is 5.75 Å². The molecule has 166 valence electrons. The lowest BCUT2D eigenvalue weighted by molar-refractivity contribution is -0.122. The van der Waals surface area contributed by atoms with E-state index in [-0.39, 0.29) is 12.5 Å². The highest BCUT2D eigenvalue weighted by molar-refractivity contribution is 7.99. The molecular formula is C24H32N4O2S. The second kappa shape index (κ2) is 12.2. The number of rotatable bonds is 9. The molecule has 1 amide bonds. The molecule has 2 N–H and O–H groups in total. The minimum Gasteiger partial charge on any atom is -0.484 e. The maximum Gasteiger partial charge on any atom is 0.257 e. The van der Waals surface area contributed by atoms with Crippen LogP contribution in [0.5, 0.6) is 5.75 Å². The molecule has 1 heterocycles. The predicted molar refractivity (Wildman–Crippen MR) is 128 cm³/mol. The molecule has 0 aliphatic carbocycles. The van der Waals surface area contributed by atoms with Gasteiger partial charge in [0.2, 0.25) is 0 Å². The number of likely N-dealkylation sites (tertiary alicyclic amines) is 1. The van der Waals surface area contributed by atoms with E-state index in [0.29, 0.717) is 24.8 Å². The topological polar surface area (TPSA) is 66.0 Å². The Morgan fingerprint density at radius 2 is 2.03 bits per heavy atom. The summed E-state index contributed by atoms with van der Waals surface area (Å²) in [6, 6.07) is 18.4. The monoisotopic (exact) mass is 440 g/mol. The molecule has 1 aliphatic rings. The molecule has 0 radical (unpaired) electrons. The van der Waals surface area contributed by atoms with E-state index < -0.39 is 0 Å². The lowest BCUT2D eigenvalue weighted by Crippen LogP contribution is -2.39. The van der Waals surface area contributed by atoms with E-state index in [0.717, 1.165) is 30.4 Å². The van der Waals surface area contributed by atoms with Crippen LogP contribution in [0.2, 0.25) is 0 Å². The van der Waals surface area contributed by atoms with Crippen molar-refractivity contribution in [3.63, 3.8) is 0 Å². The van der Waals surface area contributed by atoms with Crippen LogP contribution in [0.15, 0.2) is 64.5 Å². The van der Waals surface area contributed by atoms with Crippen molar-refractivity contribution in [1.29, 1.82) is 0 Å². The normalized spacial score (nSPS) is 16.3. The Labute approximate surface area is 189 Å². The van der Waals surface area contributed by atoms with Crippen molar-refractivity contribution < 1.29 is 9.53 Å². The summed E-state index contributed by atoms with van der Waals surface area (Å²) in [6.07, 6.45) is 1.18. The van der Waals surface area contributed by atoms with Gasteiger partial charge in [-0.1, -0.05) is 30.3 Å². The van der Waals surface area contributed by atoms with Gasteiger partial charge in [0, 0.05) is 43.9 Å². The summed E-state index contributed by atoms with van der Waals surface area (Å²) < 4.78 is 5.59. The van der Waals surface area contributed by atoms with Gasteiger partial charge >= 0.3 is 0 Å². The van der Waals surface area contributed by atoms with Crippen LogP contribution in [0.4, 0.5) is 0 Å². The quantitative estimate of drug-likeness (QED) is 0.355. The molecule has 1 fully saturated rings. The van der Waals surface area contributed by atoms with Crippen molar-refractivity contribution in [2.45, 2.75) is 24.8 Å². The molecule has 2 aromatic rings. The fourth-order valence-corrected chi connectivity index (χ4v) is 4.60. The van der Waals surface area contributed by atoms with Gasteiger partial charge in [0.15, 0.2) is 12.6 Å². The zero-order chi connectivity index (χ0) is 21.9. The Morgan fingerprint density at radius 1 is 1.19 bits per heavy atom. The first-order valence-electron chi connectivity index (χ1n) is 10.8. The number of guanidine groups is 1. The van der Waals surface area contributed by atoms with E-state index >= 15 is 0 Å². The largest absolute Gasteiger partial charge is 0.484 e. The van der Waals surface area contributed by atoms with Crippen LogP contribution >= 0.6 is 11.8 Å². The molecule has 7 heteroatoms. The first kappa shape index (κ1) is 23.0. The van der Waals surface area contributed by atoms with Crippen LogP contribution in [-0.2, 0) is 11.3 Å². The fraction of sp³-hybridized carbons (Fsp3) is 0.417. The average molecular weight is 441 g/mol. The van der Waals surface area contributed by atoms with E-state index in [9.17, 15) is 4.79 Å². The van der Waals surface area contributed by atoms with Gasteiger partial charge in [-0.25, -0.2) is 0 Å². The minimum atomic E-state index is -0.111. The molecule has 1 saturated heterocycles. The molecule has 0 aromatic heterocycles. The highest BCUT2D eigenvalue weighted by atomic mass is 32.2. The highest BCUT2D eigenvalue weighted by Gasteiger charge is 2.24. The van der Waals surface area contributed by atoms with Gasteiger partial charge in [0.25, 0.3) is 5.91 Å². The lowest BCUT2D eigenvalue weighted by atomic mass is 10.2. The van der Waals surface area contributed by atoms with Crippen LogP contribution in [0.25, 0.3) is 0 Å². The SMILES string of the molecule is CCNC(=O)COc1cccc(CNC(=NC)N2CCC(CSc3ccccc3)C2)c1. The number of thioether (sulfide) groups is 1. The van der Waals surface area contributed by atoms with Crippen molar-refractivity contribution in [1.82, 2.24) is 15.5 Å². The molecule has 0 spiro atoms. The van der Waals surface area contributed by atoms with Crippen LogP contribution in [0.3, 0.4) is 0 Å². The predicted octanol–water partition coefficient (Wildman–Crippen LogP) is 3.39. The average Bonchev–Trinajstić information content (AvgIpc) is 3.27. The standard InChI is InChI=1S/C24H32N4O2S/c1-3-26-23(29)17-30-21-9-7-8-19(14-21)15-27-24(25-2)28-13-12-20(16-28)18-31-22-10-5-4-6-11-22/h4-11,14,20H,3,12-13,15-18H2,1-2H3,(H,25,27)(H,26,29). The number of aliphatic imine (C=N–C) groups is 1. The molecule has 1 aliphatic heterocycles. The van der Waals surface area contributed by atoms with Gasteiger partial charge in [0.1, 0.15) is 5.75 Å². The Bertz CT molecular complexity index is 860. The molecule has 1 unspecified atom stereocenters. The summed E-state index contributed by atoms with van der Waals surface area (Å²) in [4.78, 5) is 19.7. The molecule has 0 saturated carbocycles. The summed E-state index contributed by atoms with van der Waals surface area (Å²) in [5.41, 5.74) is 1.09. The minimum absolute atomic E-state index is 0.0303. The number of benzene rings is 2. The first-order chi connectivity index (χ1) is 15.2. The van der Waals surface area contributed by atoms with Crippen LogP contribution in [-0.4, -0.2) is 55.8 Å². The number of nitrogens with one attached hydrogen (secondary N) is 2. The van der Waals surface area contributed by atoms with E-state index in [1.54, 1.807) is 0 Å². The number of likely N-dealkylation sites (N-methyl/N-ethyl adjacent to an activating group) is 1. The zero-order valence-electron chi connectivity index (χ0n) is 18.3. The number of carbonyl (C=O) groups excluding carboxylic acids is 1. The smallest absolute Gasteiger partial charge is 0.257 e. The van der Waals surface area contributed by atoms with Crippen LogP contribution < -0.4 is 15.4 Å². The Kier molecular flexibility index (Phi) is 9.09. The van der Waals surface area contributed by atoms with Crippen molar-refractivity contribution >= 4 is 23.6 Å². The van der Waals surface area contributed by atoms with Gasteiger partial charge in [0.05, 0.1) is 0 Å². The number of hydrogen-bond acceptors (Lipinski definition) is 4. The molecule has 31 heavy (non-hydrogen) atoms. The summed E-state index contributed by atoms with van der Waals surface area (Å²) in [6.45, 7) is 5.23. The van der Waals surface area contributed by atoms with E-state index in [4.69, 9.17) is 4.74 Å². The third kappa shape index (κ3) is 7.51. The lowest BCUT2D eigenvalue weighted by Gasteiger charge is -2.22. The number of amides is 1. The Hall–Kier alpha value is -2.67. The van der Waals surface area contributed by atoms with Crippen LogP contribution in [0, 0.1) is 5.92 Å². The van der Waals surface area contributed by atoms with Gasteiger partial charge in [-0.3, -0.25) is 9.79 Å². The van der Waals surface area contributed by atoms with Gasteiger partial charge < -0.3 is 20.3 Å². The number of nitrogens with zero attached hydrogens (tertiary/aromatic N) is 2. The molecular weight excluding hydrogens is 408 g/mol. The van der Waals surface area contributed by atoms with Gasteiger partial charge in [-0.15, -0.1) is 11.8 Å². The summed E-state index contributed by atoms with van der Waals surface area (Å²) >= 11 is 1.93. The molecule has 1 atom stereocenters. The third-order valence-electron chi connectivity index (χ3n) is 5.12. The summed E-state index contributed by atoms with van der Waals surface area (Å²) in [5.74, 6) is 3.30. The highest BCUT2D eigenvalue weighted by Crippen LogP contribution is 2.26. The Balaban J connectivity index is 1.45. The van der Waals surface area contributed by atoms with Crippen LogP contribution in [0.1, 0.15) is 18.9 Å².